The number of hydrogen-bond acceptors (Lipinski definition) is 2. The third kappa shape index (κ3) is 3.87. The second-order valence-electron chi connectivity index (χ2n) is 5.78. The summed E-state index contributed by atoms with van der Waals surface area (Å²) in [5, 5.41) is 14.1. The minimum Gasteiger partial charge on any atom is -0.385 e. The molecule has 0 bridgehead atoms. The Morgan fingerprint density at radius 1 is 1.18 bits per heavy atom. The van der Waals surface area contributed by atoms with Gasteiger partial charge in [0.05, 0.1) is 12.0 Å². The predicted octanol–water partition coefficient (Wildman–Crippen LogP) is 4.19. The standard InChI is InChI=1S/C18H20ClNO2/c1-12-9-15(19)10-13(2)17(12)20-16(21)11-18(3,22)14-7-5-4-6-8-14/h4-10,22H,11H2,1-3H3,(H,20,21). The van der Waals surface area contributed by atoms with Crippen molar-refractivity contribution in [3.63, 3.8) is 0 Å². The second-order valence-corrected chi connectivity index (χ2v) is 6.22. The summed E-state index contributed by atoms with van der Waals surface area (Å²) < 4.78 is 0. The summed E-state index contributed by atoms with van der Waals surface area (Å²) in [5.41, 5.74) is 2.06. The Morgan fingerprint density at radius 3 is 2.27 bits per heavy atom. The van der Waals surface area contributed by atoms with Crippen molar-refractivity contribution < 1.29 is 9.90 Å². The number of aryl methyl sites for hydroxylation is 2. The first kappa shape index (κ1) is 16.5. The molecule has 0 aromatic heterocycles. The van der Waals surface area contributed by atoms with Gasteiger partial charge < -0.3 is 10.4 Å². The molecule has 1 amide bonds. The molecule has 0 fully saturated rings. The van der Waals surface area contributed by atoms with E-state index in [2.05, 4.69) is 5.32 Å². The Hall–Kier alpha value is -1.84. The molecule has 0 spiro atoms. The SMILES string of the molecule is Cc1cc(Cl)cc(C)c1NC(=O)CC(C)(O)c1ccccc1. The third-order valence-corrected chi connectivity index (χ3v) is 3.88. The van der Waals surface area contributed by atoms with Crippen LogP contribution in [-0.4, -0.2) is 11.0 Å². The van der Waals surface area contributed by atoms with Crippen molar-refractivity contribution >= 4 is 23.2 Å². The Bertz CT molecular complexity index is 658. The van der Waals surface area contributed by atoms with Gasteiger partial charge in [-0.25, -0.2) is 0 Å². The fourth-order valence-corrected chi connectivity index (χ4v) is 2.83. The minimum absolute atomic E-state index is 0.0154. The number of benzene rings is 2. The summed E-state index contributed by atoms with van der Waals surface area (Å²) in [6.07, 6.45) is -0.0154. The molecule has 2 N–H and O–H groups in total. The van der Waals surface area contributed by atoms with Gasteiger partial charge in [0.2, 0.25) is 5.91 Å². The normalized spacial score (nSPS) is 13.5. The summed E-state index contributed by atoms with van der Waals surface area (Å²) in [7, 11) is 0. The van der Waals surface area contributed by atoms with Crippen LogP contribution in [-0.2, 0) is 10.4 Å². The first-order valence-electron chi connectivity index (χ1n) is 7.14. The number of carbonyl (C=O) groups excluding carboxylic acids is 1. The Labute approximate surface area is 135 Å². The van der Waals surface area contributed by atoms with Gasteiger partial charge in [-0.3, -0.25) is 4.79 Å². The smallest absolute Gasteiger partial charge is 0.227 e. The quantitative estimate of drug-likeness (QED) is 0.888. The molecular weight excluding hydrogens is 298 g/mol. The van der Waals surface area contributed by atoms with Crippen molar-refractivity contribution in [2.24, 2.45) is 0 Å². The molecule has 3 nitrogen and oxygen atoms in total. The highest BCUT2D eigenvalue weighted by molar-refractivity contribution is 6.30. The van der Waals surface area contributed by atoms with E-state index in [0.717, 1.165) is 22.4 Å². The lowest BCUT2D eigenvalue weighted by molar-refractivity contribution is -0.120. The van der Waals surface area contributed by atoms with Crippen molar-refractivity contribution in [2.75, 3.05) is 5.32 Å². The van der Waals surface area contributed by atoms with Gasteiger partial charge in [-0.05, 0) is 49.6 Å². The van der Waals surface area contributed by atoms with Crippen LogP contribution in [0.15, 0.2) is 42.5 Å². The Balaban J connectivity index is 2.14. The van der Waals surface area contributed by atoms with E-state index < -0.39 is 5.60 Å². The molecular formula is C18H20ClNO2. The highest BCUT2D eigenvalue weighted by Gasteiger charge is 2.26. The Kier molecular flexibility index (Phi) is 4.89. The van der Waals surface area contributed by atoms with Crippen LogP contribution >= 0.6 is 11.6 Å². The van der Waals surface area contributed by atoms with Crippen molar-refractivity contribution in [3.8, 4) is 0 Å². The van der Waals surface area contributed by atoms with Crippen molar-refractivity contribution in [1.29, 1.82) is 0 Å². The fourth-order valence-electron chi connectivity index (χ4n) is 2.50. The van der Waals surface area contributed by atoms with E-state index in [-0.39, 0.29) is 12.3 Å². The summed E-state index contributed by atoms with van der Waals surface area (Å²) in [6, 6.07) is 12.8. The summed E-state index contributed by atoms with van der Waals surface area (Å²) in [6.45, 7) is 5.43. The van der Waals surface area contributed by atoms with E-state index in [4.69, 9.17) is 11.6 Å². The lowest BCUT2D eigenvalue weighted by Gasteiger charge is -2.23. The molecule has 0 saturated carbocycles. The average molecular weight is 318 g/mol. The lowest BCUT2D eigenvalue weighted by Crippen LogP contribution is -2.28. The molecule has 2 rings (SSSR count). The predicted molar refractivity (Wildman–Crippen MR) is 90.2 cm³/mol. The number of hydrogen-bond donors (Lipinski definition) is 2. The summed E-state index contributed by atoms with van der Waals surface area (Å²) in [5.74, 6) is -0.234. The van der Waals surface area contributed by atoms with Gasteiger partial charge in [0.15, 0.2) is 0 Å². The zero-order valence-corrected chi connectivity index (χ0v) is 13.7. The van der Waals surface area contributed by atoms with Crippen molar-refractivity contribution in [3.05, 3.63) is 64.2 Å². The largest absolute Gasteiger partial charge is 0.385 e. The molecule has 0 heterocycles. The van der Waals surface area contributed by atoms with Crippen LogP contribution in [0.2, 0.25) is 5.02 Å². The topological polar surface area (TPSA) is 49.3 Å². The molecule has 0 aliphatic carbocycles. The summed E-state index contributed by atoms with van der Waals surface area (Å²) in [4.78, 5) is 12.3. The molecule has 2 aromatic carbocycles. The number of nitrogens with one attached hydrogen (secondary N) is 1. The monoisotopic (exact) mass is 317 g/mol. The van der Waals surface area contributed by atoms with Crippen molar-refractivity contribution in [1.82, 2.24) is 0 Å². The van der Waals surface area contributed by atoms with Gasteiger partial charge in [0.25, 0.3) is 0 Å². The number of carbonyl (C=O) groups is 1. The van der Waals surface area contributed by atoms with Gasteiger partial charge in [0.1, 0.15) is 0 Å². The maximum atomic E-state index is 12.3. The van der Waals surface area contributed by atoms with Crippen LogP contribution in [0.1, 0.15) is 30.0 Å². The van der Waals surface area contributed by atoms with E-state index in [1.54, 1.807) is 19.1 Å². The van der Waals surface area contributed by atoms with Crippen LogP contribution in [0.5, 0.6) is 0 Å². The maximum absolute atomic E-state index is 12.3. The van der Waals surface area contributed by atoms with E-state index in [1.807, 2.05) is 44.2 Å². The van der Waals surface area contributed by atoms with Gasteiger partial charge in [0, 0.05) is 10.7 Å². The number of aliphatic hydroxyl groups is 1. The average Bonchev–Trinajstić information content (AvgIpc) is 2.43. The molecule has 0 aliphatic rings. The van der Waals surface area contributed by atoms with E-state index >= 15 is 0 Å². The van der Waals surface area contributed by atoms with Crippen LogP contribution in [0, 0.1) is 13.8 Å². The van der Waals surface area contributed by atoms with Crippen LogP contribution in [0.4, 0.5) is 5.69 Å². The molecule has 1 atom stereocenters. The second kappa shape index (κ2) is 6.51. The summed E-state index contributed by atoms with van der Waals surface area (Å²) >= 11 is 5.99. The molecule has 0 aliphatic heterocycles. The Morgan fingerprint density at radius 2 is 1.73 bits per heavy atom. The van der Waals surface area contributed by atoms with E-state index in [0.29, 0.717) is 5.02 Å². The van der Waals surface area contributed by atoms with Crippen LogP contribution in [0.3, 0.4) is 0 Å². The number of anilines is 1. The molecule has 4 heteroatoms. The zero-order valence-electron chi connectivity index (χ0n) is 13.0. The lowest BCUT2D eigenvalue weighted by atomic mass is 9.92. The number of rotatable bonds is 4. The van der Waals surface area contributed by atoms with Gasteiger partial charge in [-0.2, -0.15) is 0 Å². The highest BCUT2D eigenvalue weighted by Crippen LogP contribution is 2.28. The molecule has 0 saturated heterocycles. The zero-order chi connectivity index (χ0) is 16.3. The molecule has 116 valence electrons. The third-order valence-electron chi connectivity index (χ3n) is 3.66. The van der Waals surface area contributed by atoms with Crippen LogP contribution in [0.25, 0.3) is 0 Å². The number of amides is 1. The molecule has 0 radical (unpaired) electrons. The van der Waals surface area contributed by atoms with E-state index in [1.165, 1.54) is 0 Å². The number of halogens is 1. The molecule has 22 heavy (non-hydrogen) atoms. The van der Waals surface area contributed by atoms with Crippen LogP contribution < -0.4 is 5.32 Å². The van der Waals surface area contributed by atoms with Gasteiger partial charge >= 0.3 is 0 Å². The molecule has 2 aromatic rings. The van der Waals surface area contributed by atoms with Gasteiger partial charge in [-0.1, -0.05) is 41.9 Å². The fraction of sp³-hybridized carbons (Fsp3) is 0.278. The van der Waals surface area contributed by atoms with E-state index in [9.17, 15) is 9.90 Å². The first-order chi connectivity index (χ1) is 10.3. The maximum Gasteiger partial charge on any atom is 0.227 e. The molecule has 1 unspecified atom stereocenters. The first-order valence-corrected chi connectivity index (χ1v) is 7.52. The van der Waals surface area contributed by atoms with Crippen molar-refractivity contribution in [2.45, 2.75) is 32.8 Å². The minimum atomic E-state index is -1.21. The van der Waals surface area contributed by atoms with Gasteiger partial charge in [-0.15, -0.1) is 0 Å². The highest BCUT2D eigenvalue weighted by atomic mass is 35.5.